The number of carbonyl (C=O) groups is 2. The summed E-state index contributed by atoms with van der Waals surface area (Å²) in [7, 11) is 0. The highest BCUT2D eigenvalue weighted by molar-refractivity contribution is 7.86. The molecule has 0 aromatic carbocycles. The molecule has 0 spiro atoms. The maximum atomic E-state index is 11.5. The van der Waals surface area contributed by atoms with Crippen molar-refractivity contribution >= 4 is 37.2 Å². The molecule has 0 heterocycles. The predicted molar refractivity (Wildman–Crippen MR) is 66.1 cm³/mol. The lowest BCUT2D eigenvalue weighted by Crippen LogP contribution is -2.35. The van der Waals surface area contributed by atoms with Crippen LogP contribution < -0.4 is 0 Å². The van der Waals surface area contributed by atoms with Gasteiger partial charge in [-0.15, -0.1) is 0 Å². The second kappa shape index (κ2) is 6.39. The molecular weight excluding hydrogens is 248 g/mol. The van der Waals surface area contributed by atoms with Crippen LogP contribution in [-0.2, 0) is 14.3 Å². The summed E-state index contributed by atoms with van der Waals surface area (Å²) >= 11 is 7.73. The highest BCUT2D eigenvalue weighted by atomic mass is 32.1. The quantitative estimate of drug-likeness (QED) is 0.532. The largest absolute Gasteiger partial charge is 0.480 e. The van der Waals surface area contributed by atoms with Crippen LogP contribution >= 0.6 is 25.3 Å². The smallest absolute Gasteiger partial charge is 0.320 e. The van der Waals surface area contributed by atoms with Crippen LogP contribution in [0.2, 0.25) is 0 Å². The molecule has 1 saturated carbocycles. The van der Waals surface area contributed by atoms with E-state index in [0.29, 0.717) is 0 Å². The number of carbonyl (C=O) groups excluding carboxylic acids is 1. The van der Waals surface area contributed by atoms with Crippen LogP contribution in [0.1, 0.15) is 32.1 Å². The van der Waals surface area contributed by atoms with Crippen molar-refractivity contribution in [2.75, 3.05) is 0 Å². The normalized spacial score (nSPS) is 21.1. The summed E-state index contributed by atoms with van der Waals surface area (Å²) in [6, 6.07) is 0. The van der Waals surface area contributed by atoms with Gasteiger partial charge in [0.25, 0.3) is 0 Å². The third-order valence-electron chi connectivity index (χ3n) is 2.63. The molecular formula is C10H16O4S2. The molecule has 1 aliphatic carbocycles. The Balaban J connectivity index is 2.41. The van der Waals surface area contributed by atoms with Crippen molar-refractivity contribution in [2.24, 2.45) is 0 Å². The molecule has 0 radical (unpaired) electrons. The fourth-order valence-corrected chi connectivity index (χ4v) is 1.99. The van der Waals surface area contributed by atoms with E-state index >= 15 is 0 Å². The number of aliphatic carboxylic acids is 1. The van der Waals surface area contributed by atoms with Crippen LogP contribution in [0.25, 0.3) is 0 Å². The topological polar surface area (TPSA) is 63.6 Å². The fourth-order valence-electron chi connectivity index (χ4n) is 1.68. The van der Waals surface area contributed by atoms with Crippen LogP contribution in [-0.4, -0.2) is 33.6 Å². The number of hydrogen-bond donors (Lipinski definition) is 3. The number of rotatable bonds is 4. The van der Waals surface area contributed by atoms with E-state index in [4.69, 9.17) is 9.84 Å². The van der Waals surface area contributed by atoms with E-state index in [2.05, 4.69) is 25.3 Å². The van der Waals surface area contributed by atoms with Crippen molar-refractivity contribution in [3.63, 3.8) is 0 Å². The number of carboxylic acid groups (broad SMARTS) is 1. The summed E-state index contributed by atoms with van der Waals surface area (Å²) < 4.78 is 5.20. The van der Waals surface area contributed by atoms with Crippen molar-refractivity contribution in [2.45, 2.75) is 48.7 Å². The molecule has 0 unspecified atom stereocenters. The second-order valence-electron chi connectivity index (χ2n) is 3.92. The number of ether oxygens (including phenoxy) is 1. The molecule has 4 nitrogen and oxygen atoms in total. The Bertz CT molecular complexity index is 264. The first-order valence-electron chi connectivity index (χ1n) is 5.32. The maximum Gasteiger partial charge on any atom is 0.320 e. The minimum atomic E-state index is -1.16. The molecule has 0 amide bonds. The monoisotopic (exact) mass is 264 g/mol. The van der Waals surface area contributed by atoms with E-state index in [1.807, 2.05) is 0 Å². The second-order valence-corrected chi connectivity index (χ2v) is 5.04. The Labute approximate surface area is 106 Å². The van der Waals surface area contributed by atoms with Gasteiger partial charge in [-0.3, -0.25) is 9.59 Å². The van der Waals surface area contributed by atoms with Gasteiger partial charge in [-0.05, 0) is 25.7 Å². The lowest BCUT2D eigenvalue weighted by atomic mass is 9.98. The van der Waals surface area contributed by atoms with Crippen LogP contribution in [0, 0.1) is 0 Å². The minimum Gasteiger partial charge on any atom is -0.480 e. The molecule has 16 heavy (non-hydrogen) atoms. The Hall–Kier alpha value is -0.360. The van der Waals surface area contributed by atoms with Gasteiger partial charge in [0.15, 0.2) is 0 Å². The Morgan fingerprint density at radius 2 is 1.69 bits per heavy atom. The summed E-state index contributed by atoms with van der Waals surface area (Å²) in [6.45, 7) is 0. The standard InChI is InChI=1S/C10H16O4S2/c11-9(12)7(15)8(16)10(13)14-6-4-2-1-3-5-6/h6-8,15-16H,1-5H2,(H,11,12)/t7-,8+/m1/s1. The van der Waals surface area contributed by atoms with Crippen LogP contribution in [0.3, 0.4) is 0 Å². The molecule has 0 saturated heterocycles. The molecule has 0 aliphatic heterocycles. The van der Waals surface area contributed by atoms with E-state index in [1.54, 1.807) is 0 Å². The van der Waals surface area contributed by atoms with E-state index in [-0.39, 0.29) is 6.10 Å². The van der Waals surface area contributed by atoms with Gasteiger partial charge in [-0.2, -0.15) is 25.3 Å². The van der Waals surface area contributed by atoms with E-state index in [9.17, 15) is 9.59 Å². The first kappa shape index (κ1) is 13.7. The molecule has 1 rings (SSSR count). The maximum absolute atomic E-state index is 11.5. The Kier molecular flexibility index (Phi) is 5.48. The van der Waals surface area contributed by atoms with Crippen molar-refractivity contribution < 1.29 is 19.4 Å². The van der Waals surface area contributed by atoms with Gasteiger partial charge < -0.3 is 9.84 Å². The van der Waals surface area contributed by atoms with Crippen LogP contribution in [0.4, 0.5) is 0 Å². The highest BCUT2D eigenvalue weighted by Gasteiger charge is 2.31. The number of esters is 1. The lowest BCUT2D eigenvalue weighted by Gasteiger charge is -2.24. The molecule has 1 N–H and O–H groups in total. The summed E-state index contributed by atoms with van der Waals surface area (Å²) in [6.07, 6.45) is 4.91. The van der Waals surface area contributed by atoms with Crippen molar-refractivity contribution in [1.82, 2.24) is 0 Å². The average molecular weight is 264 g/mol. The summed E-state index contributed by atoms with van der Waals surface area (Å²) in [5.41, 5.74) is 0. The van der Waals surface area contributed by atoms with Crippen LogP contribution in [0.15, 0.2) is 0 Å². The molecule has 0 bridgehead atoms. The third kappa shape index (κ3) is 3.90. The summed E-state index contributed by atoms with van der Waals surface area (Å²) in [5, 5.41) is 6.54. The lowest BCUT2D eigenvalue weighted by molar-refractivity contribution is -0.152. The van der Waals surface area contributed by atoms with Gasteiger partial charge in [0.05, 0.1) is 0 Å². The van der Waals surface area contributed by atoms with Gasteiger partial charge in [0.1, 0.15) is 16.6 Å². The predicted octanol–water partition coefficient (Wildman–Crippen LogP) is 1.54. The number of hydrogen-bond acceptors (Lipinski definition) is 5. The van der Waals surface area contributed by atoms with Crippen molar-refractivity contribution in [1.29, 1.82) is 0 Å². The average Bonchev–Trinajstić information content (AvgIpc) is 2.28. The molecule has 0 aromatic heterocycles. The van der Waals surface area contributed by atoms with Gasteiger partial charge in [0, 0.05) is 0 Å². The first-order valence-corrected chi connectivity index (χ1v) is 6.35. The zero-order valence-electron chi connectivity index (χ0n) is 8.83. The van der Waals surface area contributed by atoms with Gasteiger partial charge in [0.2, 0.25) is 0 Å². The SMILES string of the molecule is O=C(OC1CCCCC1)[C@@H](S)[C@@H](S)C(=O)O. The third-order valence-corrected chi connectivity index (χ3v) is 3.89. The van der Waals surface area contributed by atoms with Gasteiger partial charge >= 0.3 is 11.9 Å². The highest BCUT2D eigenvalue weighted by Crippen LogP contribution is 2.22. The van der Waals surface area contributed by atoms with Crippen LogP contribution in [0.5, 0.6) is 0 Å². The summed E-state index contributed by atoms with van der Waals surface area (Å²) in [4.78, 5) is 22.2. The summed E-state index contributed by atoms with van der Waals surface area (Å²) in [5.74, 6) is -1.75. The van der Waals surface area contributed by atoms with Gasteiger partial charge in [-0.25, -0.2) is 0 Å². The Morgan fingerprint density at radius 3 is 2.19 bits per heavy atom. The molecule has 0 aromatic rings. The number of carboxylic acids is 1. The van der Waals surface area contributed by atoms with E-state index in [1.165, 1.54) is 6.42 Å². The van der Waals surface area contributed by atoms with Crippen molar-refractivity contribution in [3.8, 4) is 0 Å². The minimum absolute atomic E-state index is 0.0785. The molecule has 6 heteroatoms. The number of thiol groups is 2. The first-order chi connectivity index (χ1) is 7.52. The fraction of sp³-hybridized carbons (Fsp3) is 0.800. The van der Waals surface area contributed by atoms with E-state index < -0.39 is 22.4 Å². The molecule has 92 valence electrons. The van der Waals surface area contributed by atoms with E-state index in [0.717, 1.165) is 25.7 Å². The van der Waals surface area contributed by atoms with Gasteiger partial charge in [-0.1, -0.05) is 6.42 Å². The zero-order valence-corrected chi connectivity index (χ0v) is 10.6. The van der Waals surface area contributed by atoms with Crippen molar-refractivity contribution in [3.05, 3.63) is 0 Å². The molecule has 1 fully saturated rings. The Morgan fingerprint density at radius 1 is 1.12 bits per heavy atom. The molecule has 1 aliphatic rings. The zero-order chi connectivity index (χ0) is 12.1. The molecule has 2 atom stereocenters.